The van der Waals surface area contributed by atoms with Crippen molar-refractivity contribution in [3.05, 3.63) is 54.4 Å². The second kappa shape index (κ2) is 6.62. The van der Waals surface area contributed by atoms with E-state index in [0.29, 0.717) is 10.6 Å². The summed E-state index contributed by atoms with van der Waals surface area (Å²) in [6, 6.07) is 7.13. The first-order chi connectivity index (χ1) is 11.1. The molecule has 0 aromatic carbocycles. The molecule has 0 radical (unpaired) electrons. The van der Waals surface area contributed by atoms with Gasteiger partial charge in [0, 0.05) is 32.1 Å². The molecule has 116 valence electrons. The number of hydrogen-bond acceptors (Lipinski definition) is 6. The summed E-state index contributed by atoms with van der Waals surface area (Å²) in [6.45, 7) is 0. The smallest absolute Gasteiger partial charge is 0.142 e. The van der Waals surface area contributed by atoms with Crippen molar-refractivity contribution in [3.63, 3.8) is 0 Å². The maximum absolute atomic E-state index is 13.3. The summed E-state index contributed by atoms with van der Waals surface area (Å²) in [7, 11) is 3.70. The molecule has 0 aliphatic heterocycles. The van der Waals surface area contributed by atoms with Crippen LogP contribution in [0.5, 0.6) is 0 Å². The van der Waals surface area contributed by atoms with Crippen LogP contribution in [-0.2, 0) is 0 Å². The zero-order valence-electron chi connectivity index (χ0n) is 12.6. The molecule has 0 aliphatic rings. The Morgan fingerprint density at radius 1 is 1.22 bits per heavy atom. The number of thiazole rings is 1. The lowest BCUT2D eigenvalue weighted by molar-refractivity contribution is 0.440. The van der Waals surface area contributed by atoms with Crippen molar-refractivity contribution >= 4 is 17.6 Å². The van der Waals surface area contributed by atoms with E-state index in [9.17, 15) is 4.39 Å². The molecule has 3 rings (SSSR count). The average molecular weight is 327 g/mol. The zero-order valence-corrected chi connectivity index (χ0v) is 13.5. The van der Waals surface area contributed by atoms with Gasteiger partial charge in [-0.15, -0.1) is 11.3 Å². The molecule has 0 fully saturated rings. The third-order valence-electron chi connectivity index (χ3n) is 2.90. The summed E-state index contributed by atoms with van der Waals surface area (Å²) in [4.78, 5) is 13.6. The lowest BCUT2D eigenvalue weighted by Crippen LogP contribution is -2.02. The van der Waals surface area contributed by atoms with Crippen molar-refractivity contribution in [3.8, 4) is 21.1 Å². The van der Waals surface area contributed by atoms with E-state index in [2.05, 4.69) is 20.1 Å². The Kier molecular flexibility index (Phi) is 4.38. The van der Waals surface area contributed by atoms with Gasteiger partial charge in [-0.2, -0.15) is 5.10 Å². The van der Waals surface area contributed by atoms with Gasteiger partial charge in [0.1, 0.15) is 10.8 Å². The Labute approximate surface area is 137 Å². The second-order valence-corrected chi connectivity index (χ2v) is 5.99. The minimum Gasteiger partial charge on any atom is -0.303 e. The summed E-state index contributed by atoms with van der Waals surface area (Å²) in [5, 5.41) is 6.59. The van der Waals surface area contributed by atoms with Gasteiger partial charge in [-0.05, 0) is 18.2 Å². The maximum atomic E-state index is 13.3. The highest BCUT2D eigenvalue weighted by Crippen LogP contribution is 2.30. The Balaban J connectivity index is 1.90. The minimum absolute atomic E-state index is 0.376. The molecule has 0 atom stereocenters. The van der Waals surface area contributed by atoms with Gasteiger partial charge in [-0.1, -0.05) is 6.07 Å². The van der Waals surface area contributed by atoms with Crippen LogP contribution in [-0.4, -0.2) is 40.3 Å². The average Bonchev–Trinajstić information content (AvgIpc) is 3.03. The van der Waals surface area contributed by atoms with Gasteiger partial charge in [-0.25, -0.2) is 14.4 Å². The van der Waals surface area contributed by atoms with Crippen LogP contribution in [0.1, 0.15) is 5.69 Å². The van der Waals surface area contributed by atoms with Crippen molar-refractivity contribution in [2.24, 2.45) is 5.10 Å². The standard InChI is InChI=1S/C16H14FN5S/c1-22(2)20-9-13-4-3-5-14(21-13)15-10-19-16(23-15)11-6-12(17)8-18-7-11/h3-10H,1-2H3/b20-9+. The molecule has 3 heterocycles. The summed E-state index contributed by atoms with van der Waals surface area (Å²) >= 11 is 1.45. The molecule has 0 N–H and O–H groups in total. The van der Waals surface area contributed by atoms with Crippen LogP contribution in [0.3, 0.4) is 0 Å². The van der Waals surface area contributed by atoms with Crippen LogP contribution in [0.25, 0.3) is 21.1 Å². The lowest BCUT2D eigenvalue weighted by atomic mass is 10.3. The van der Waals surface area contributed by atoms with Gasteiger partial charge in [-0.3, -0.25) is 4.98 Å². The van der Waals surface area contributed by atoms with E-state index in [0.717, 1.165) is 16.3 Å². The quantitative estimate of drug-likeness (QED) is 0.545. The monoisotopic (exact) mass is 327 g/mol. The zero-order chi connectivity index (χ0) is 16.2. The number of rotatable bonds is 4. The van der Waals surface area contributed by atoms with Crippen LogP contribution in [0.15, 0.2) is 48.0 Å². The minimum atomic E-state index is -0.376. The largest absolute Gasteiger partial charge is 0.303 e. The van der Waals surface area contributed by atoms with Crippen LogP contribution in [0, 0.1) is 5.82 Å². The van der Waals surface area contributed by atoms with Gasteiger partial charge < -0.3 is 5.01 Å². The number of hydrogen-bond donors (Lipinski definition) is 0. The third-order valence-corrected chi connectivity index (χ3v) is 3.97. The van der Waals surface area contributed by atoms with Crippen LogP contribution >= 0.6 is 11.3 Å². The topological polar surface area (TPSA) is 54.3 Å². The van der Waals surface area contributed by atoms with Gasteiger partial charge >= 0.3 is 0 Å². The van der Waals surface area contributed by atoms with Crippen LogP contribution < -0.4 is 0 Å². The Hall–Kier alpha value is -2.67. The third kappa shape index (κ3) is 3.75. The molecule has 3 aromatic rings. The number of aromatic nitrogens is 3. The van der Waals surface area contributed by atoms with Crippen LogP contribution in [0.4, 0.5) is 4.39 Å². The first kappa shape index (κ1) is 15.2. The second-order valence-electron chi connectivity index (χ2n) is 4.96. The Morgan fingerprint density at radius 2 is 2.09 bits per heavy atom. The molecular weight excluding hydrogens is 313 g/mol. The van der Waals surface area contributed by atoms with E-state index in [1.165, 1.54) is 23.6 Å². The fourth-order valence-corrected chi connectivity index (χ4v) is 2.76. The highest BCUT2D eigenvalue weighted by molar-refractivity contribution is 7.18. The highest BCUT2D eigenvalue weighted by Gasteiger charge is 2.09. The Morgan fingerprint density at radius 3 is 2.87 bits per heavy atom. The molecule has 0 saturated carbocycles. The molecule has 0 spiro atoms. The summed E-state index contributed by atoms with van der Waals surface area (Å²) < 4.78 is 13.3. The molecule has 0 bridgehead atoms. The molecule has 5 nitrogen and oxygen atoms in total. The van der Waals surface area contributed by atoms with Gasteiger partial charge in [0.2, 0.25) is 0 Å². The Bertz CT molecular complexity index is 844. The summed E-state index contributed by atoms with van der Waals surface area (Å²) in [5.74, 6) is -0.376. The summed E-state index contributed by atoms with van der Waals surface area (Å²) in [5.41, 5.74) is 2.23. The molecule has 0 amide bonds. The number of nitrogens with zero attached hydrogens (tertiary/aromatic N) is 5. The van der Waals surface area contributed by atoms with Crippen molar-refractivity contribution in [1.29, 1.82) is 0 Å². The van der Waals surface area contributed by atoms with Crippen molar-refractivity contribution in [1.82, 2.24) is 20.0 Å². The van der Waals surface area contributed by atoms with E-state index in [-0.39, 0.29) is 5.82 Å². The molecule has 7 heteroatoms. The number of halogens is 1. The van der Waals surface area contributed by atoms with Gasteiger partial charge in [0.05, 0.1) is 28.7 Å². The van der Waals surface area contributed by atoms with E-state index < -0.39 is 0 Å². The fourth-order valence-electron chi connectivity index (χ4n) is 1.89. The maximum Gasteiger partial charge on any atom is 0.142 e. The summed E-state index contributed by atoms with van der Waals surface area (Å²) in [6.07, 6.45) is 6.20. The molecule has 0 aliphatic carbocycles. The van der Waals surface area contributed by atoms with E-state index in [1.54, 1.807) is 23.6 Å². The van der Waals surface area contributed by atoms with E-state index >= 15 is 0 Å². The molecule has 23 heavy (non-hydrogen) atoms. The van der Waals surface area contributed by atoms with E-state index in [4.69, 9.17) is 0 Å². The fraction of sp³-hybridized carbons (Fsp3) is 0.125. The number of hydrazone groups is 1. The SMILES string of the molecule is CN(C)/N=C/c1cccc(-c2cnc(-c3cncc(F)c3)s2)n1. The first-order valence-corrected chi connectivity index (χ1v) is 7.69. The molecule has 0 saturated heterocycles. The predicted octanol–water partition coefficient (Wildman–Crippen LogP) is 3.30. The highest BCUT2D eigenvalue weighted by atomic mass is 32.1. The normalized spacial score (nSPS) is 11.1. The van der Waals surface area contributed by atoms with Crippen LogP contribution in [0.2, 0.25) is 0 Å². The molecule has 3 aromatic heterocycles. The molecular formula is C16H14FN5S. The molecule has 0 unspecified atom stereocenters. The van der Waals surface area contributed by atoms with Gasteiger partial charge in [0.15, 0.2) is 0 Å². The van der Waals surface area contributed by atoms with Crippen molar-refractivity contribution in [2.75, 3.05) is 14.1 Å². The van der Waals surface area contributed by atoms with Crippen molar-refractivity contribution in [2.45, 2.75) is 0 Å². The predicted molar refractivity (Wildman–Crippen MR) is 89.8 cm³/mol. The first-order valence-electron chi connectivity index (χ1n) is 6.87. The van der Waals surface area contributed by atoms with E-state index in [1.807, 2.05) is 32.3 Å². The lowest BCUT2D eigenvalue weighted by Gasteiger charge is -2.02. The van der Waals surface area contributed by atoms with Gasteiger partial charge in [0.25, 0.3) is 0 Å². The number of pyridine rings is 2. The van der Waals surface area contributed by atoms with Crippen molar-refractivity contribution < 1.29 is 4.39 Å².